The van der Waals surface area contributed by atoms with E-state index in [-0.39, 0.29) is 10.7 Å². The van der Waals surface area contributed by atoms with Crippen LogP contribution in [0.15, 0.2) is 72.8 Å². The van der Waals surface area contributed by atoms with Crippen LogP contribution < -0.4 is 14.7 Å². The fourth-order valence-corrected chi connectivity index (χ4v) is 4.37. The Morgan fingerprint density at radius 1 is 0.938 bits per heavy atom. The zero-order chi connectivity index (χ0) is 22.4. The first-order valence-electron chi connectivity index (χ1n) is 9.97. The molecule has 3 aromatic carbocycles. The van der Waals surface area contributed by atoms with Crippen molar-refractivity contribution in [3.63, 3.8) is 0 Å². The van der Waals surface area contributed by atoms with Crippen molar-refractivity contribution >= 4 is 34.8 Å². The monoisotopic (exact) mass is 452 g/mol. The highest BCUT2D eigenvalue weighted by Crippen LogP contribution is 2.48. The number of halogens is 2. The SMILES string of the molecule is COc1cccc(C2C3C(=O)N(c4ccc(Cl)c(F)c4)C(=O)C3ON2c2ccccc2)c1. The summed E-state index contributed by atoms with van der Waals surface area (Å²) < 4.78 is 19.4. The van der Waals surface area contributed by atoms with Crippen molar-refractivity contribution in [3.05, 3.63) is 89.2 Å². The molecule has 0 radical (unpaired) electrons. The fourth-order valence-electron chi connectivity index (χ4n) is 4.26. The van der Waals surface area contributed by atoms with Crippen molar-refractivity contribution in [2.24, 2.45) is 5.92 Å². The number of hydrogen-bond donors (Lipinski definition) is 0. The van der Waals surface area contributed by atoms with Gasteiger partial charge >= 0.3 is 0 Å². The topological polar surface area (TPSA) is 59.1 Å². The van der Waals surface area contributed by atoms with Crippen LogP contribution >= 0.6 is 11.6 Å². The summed E-state index contributed by atoms with van der Waals surface area (Å²) in [5.41, 5.74) is 1.58. The lowest BCUT2D eigenvalue weighted by atomic mass is 9.90. The Morgan fingerprint density at radius 3 is 2.44 bits per heavy atom. The summed E-state index contributed by atoms with van der Waals surface area (Å²) in [7, 11) is 1.56. The van der Waals surface area contributed by atoms with E-state index in [2.05, 4.69) is 0 Å². The quantitative estimate of drug-likeness (QED) is 0.544. The molecule has 0 spiro atoms. The van der Waals surface area contributed by atoms with Crippen LogP contribution in [0.2, 0.25) is 5.02 Å². The molecule has 0 aliphatic carbocycles. The van der Waals surface area contributed by atoms with Crippen LogP contribution in [0.3, 0.4) is 0 Å². The second kappa shape index (κ2) is 7.93. The van der Waals surface area contributed by atoms with Gasteiger partial charge in [0.25, 0.3) is 5.91 Å². The number of hydrogen-bond acceptors (Lipinski definition) is 5. The third-order valence-corrected chi connectivity index (χ3v) is 6.03. The first kappa shape index (κ1) is 20.5. The number of amides is 2. The zero-order valence-corrected chi connectivity index (χ0v) is 17.7. The number of anilines is 2. The second-order valence-corrected chi connectivity index (χ2v) is 7.95. The molecule has 2 fully saturated rings. The van der Waals surface area contributed by atoms with Gasteiger partial charge in [0.05, 0.1) is 29.5 Å². The minimum Gasteiger partial charge on any atom is -0.497 e. The van der Waals surface area contributed by atoms with Crippen molar-refractivity contribution in [1.29, 1.82) is 0 Å². The molecule has 8 heteroatoms. The molecule has 2 saturated heterocycles. The summed E-state index contributed by atoms with van der Waals surface area (Å²) in [6, 6.07) is 19.8. The number of rotatable bonds is 4. The third-order valence-electron chi connectivity index (χ3n) is 5.72. The fraction of sp³-hybridized carbons (Fsp3) is 0.167. The molecule has 5 rings (SSSR count). The van der Waals surface area contributed by atoms with Gasteiger partial charge in [0.1, 0.15) is 17.5 Å². The Morgan fingerprint density at radius 2 is 1.72 bits per heavy atom. The van der Waals surface area contributed by atoms with Gasteiger partial charge in [-0.2, -0.15) is 0 Å². The normalized spacial score (nSPS) is 22.4. The van der Waals surface area contributed by atoms with E-state index < -0.39 is 35.7 Å². The van der Waals surface area contributed by atoms with Crippen LogP contribution in [0, 0.1) is 11.7 Å². The molecule has 0 bridgehead atoms. The van der Waals surface area contributed by atoms with Gasteiger partial charge in [-0.05, 0) is 48.0 Å². The van der Waals surface area contributed by atoms with Gasteiger partial charge in [-0.1, -0.05) is 41.9 Å². The van der Waals surface area contributed by atoms with Crippen LogP contribution in [0.4, 0.5) is 15.8 Å². The number of para-hydroxylation sites is 1. The summed E-state index contributed by atoms with van der Waals surface area (Å²) in [6.07, 6.45) is -1.04. The number of methoxy groups -OCH3 is 1. The van der Waals surface area contributed by atoms with E-state index in [4.69, 9.17) is 21.2 Å². The first-order valence-corrected chi connectivity index (χ1v) is 10.4. The van der Waals surface area contributed by atoms with Gasteiger partial charge < -0.3 is 4.74 Å². The number of hydroxylamine groups is 1. The third kappa shape index (κ3) is 3.21. The minimum absolute atomic E-state index is 0.0891. The van der Waals surface area contributed by atoms with E-state index in [1.165, 1.54) is 12.1 Å². The highest BCUT2D eigenvalue weighted by Gasteiger charge is 2.60. The van der Waals surface area contributed by atoms with Crippen LogP contribution in [0.25, 0.3) is 0 Å². The van der Waals surface area contributed by atoms with Gasteiger partial charge in [-0.25, -0.2) is 14.4 Å². The summed E-state index contributed by atoms with van der Waals surface area (Å²) in [4.78, 5) is 33.8. The number of benzene rings is 3. The Balaban J connectivity index is 1.59. The number of carbonyl (C=O) groups is 2. The average molecular weight is 453 g/mol. The molecule has 162 valence electrons. The molecule has 2 amide bonds. The number of imide groups is 1. The van der Waals surface area contributed by atoms with E-state index in [1.54, 1.807) is 18.2 Å². The van der Waals surface area contributed by atoms with E-state index in [0.717, 1.165) is 16.5 Å². The van der Waals surface area contributed by atoms with Gasteiger partial charge in [0, 0.05) is 0 Å². The van der Waals surface area contributed by atoms with Crippen molar-refractivity contribution in [1.82, 2.24) is 0 Å². The van der Waals surface area contributed by atoms with E-state index in [9.17, 15) is 14.0 Å². The first-order chi connectivity index (χ1) is 15.5. The molecule has 6 nitrogen and oxygen atoms in total. The Kier molecular flexibility index (Phi) is 5.07. The molecule has 3 aromatic rings. The second-order valence-electron chi connectivity index (χ2n) is 7.54. The van der Waals surface area contributed by atoms with Gasteiger partial charge in [-0.15, -0.1) is 0 Å². The standard InChI is InChI=1S/C24H18ClFN2O4/c1-31-17-9-5-6-14(12-17)21-20-22(32-28(21)15-7-3-2-4-8-15)24(30)27(23(20)29)16-10-11-18(25)19(26)13-16/h2-13,20-22H,1H3. The highest BCUT2D eigenvalue weighted by molar-refractivity contribution is 6.31. The van der Waals surface area contributed by atoms with E-state index in [1.807, 2.05) is 48.5 Å². The van der Waals surface area contributed by atoms with Gasteiger partial charge in [0.2, 0.25) is 5.91 Å². The van der Waals surface area contributed by atoms with Crippen molar-refractivity contribution in [3.8, 4) is 5.75 Å². The molecule has 2 aliphatic heterocycles. The predicted octanol–water partition coefficient (Wildman–Crippen LogP) is 4.54. The number of carbonyl (C=O) groups excluding carboxylic acids is 2. The van der Waals surface area contributed by atoms with Gasteiger partial charge in [0.15, 0.2) is 6.10 Å². The maximum Gasteiger partial charge on any atom is 0.266 e. The molecule has 3 unspecified atom stereocenters. The van der Waals surface area contributed by atoms with Gasteiger partial charge in [-0.3, -0.25) is 14.4 Å². The lowest BCUT2D eigenvalue weighted by Crippen LogP contribution is -2.37. The summed E-state index contributed by atoms with van der Waals surface area (Å²) in [5.74, 6) is -1.93. The molecule has 32 heavy (non-hydrogen) atoms. The average Bonchev–Trinajstić information content (AvgIpc) is 3.32. The summed E-state index contributed by atoms with van der Waals surface area (Å²) in [5, 5.41) is 1.51. The molecule has 2 aliphatic rings. The highest BCUT2D eigenvalue weighted by atomic mass is 35.5. The maximum atomic E-state index is 14.1. The van der Waals surface area contributed by atoms with Crippen molar-refractivity contribution < 1.29 is 23.6 Å². The Hall–Kier alpha value is -3.42. The largest absolute Gasteiger partial charge is 0.497 e. The Bertz CT molecular complexity index is 1210. The van der Waals surface area contributed by atoms with Crippen LogP contribution in [0.1, 0.15) is 11.6 Å². The van der Waals surface area contributed by atoms with Crippen LogP contribution in [-0.4, -0.2) is 25.0 Å². The van der Waals surface area contributed by atoms with Crippen molar-refractivity contribution in [2.45, 2.75) is 12.1 Å². The molecular formula is C24H18ClFN2O4. The molecular weight excluding hydrogens is 435 g/mol. The molecule has 0 N–H and O–H groups in total. The zero-order valence-electron chi connectivity index (χ0n) is 16.9. The lowest BCUT2D eigenvalue weighted by molar-refractivity contribution is -0.126. The molecule has 0 saturated carbocycles. The molecule has 2 heterocycles. The lowest BCUT2D eigenvalue weighted by Gasteiger charge is -2.29. The van der Waals surface area contributed by atoms with E-state index >= 15 is 0 Å². The number of ether oxygens (including phenoxy) is 1. The predicted molar refractivity (Wildman–Crippen MR) is 117 cm³/mol. The minimum atomic E-state index is -1.04. The molecule has 0 aromatic heterocycles. The van der Waals surface area contributed by atoms with E-state index in [0.29, 0.717) is 11.4 Å². The Labute approximate surface area is 188 Å². The summed E-state index contributed by atoms with van der Waals surface area (Å²) in [6.45, 7) is 0. The van der Waals surface area contributed by atoms with Crippen LogP contribution in [0.5, 0.6) is 5.75 Å². The smallest absolute Gasteiger partial charge is 0.266 e. The van der Waals surface area contributed by atoms with Crippen LogP contribution in [-0.2, 0) is 14.4 Å². The summed E-state index contributed by atoms with van der Waals surface area (Å²) >= 11 is 5.77. The number of nitrogens with zero attached hydrogens (tertiary/aromatic N) is 2. The van der Waals surface area contributed by atoms with Crippen molar-refractivity contribution in [2.75, 3.05) is 17.1 Å². The molecule has 3 atom stereocenters. The maximum absolute atomic E-state index is 14.1. The number of fused-ring (bicyclic) bond motifs is 1.